The van der Waals surface area contributed by atoms with E-state index in [-0.39, 0.29) is 10.6 Å². The van der Waals surface area contributed by atoms with Crippen molar-refractivity contribution >= 4 is 27.3 Å². The monoisotopic (exact) mass is 290 g/mol. The van der Waals surface area contributed by atoms with Gasteiger partial charge in [0.05, 0.1) is 9.82 Å². The minimum absolute atomic E-state index is 0.145. The van der Waals surface area contributed by atoms with E-state index in [0.717, 1.165) is 10.5 Å². The minimum Gasteiger partial charge on any atom is -0.258 e. The Bertz CT molecular complexity index is 587. The van der Waals surface area contributed by atoms with E-state index in [4.69, 9.17) is 0 Å². The molecule has 2 aromatic rings. The van der Waals surface area contributed by atoms with Crippen molar-refractivity contribution in [1.82, 2.24) is 0 Å². The van der Waals surface area contributed by atoms with E-state index in [9.17, 15) is 10.1 Å². The standard InChI is InChI=1S/C14H12NO2S2/c1-2-11-7-3-5-9-13(11)18-19-14-10-6-4-8-12(14)15(16)17/h3-10H,1-2H2. The summed E-state index contributed by atoms with van der Waals surface area (Å²) in [6.07, 6.45) is 0.709. The van der Waals surface area contributed by atoms with Gasteiger partial charge < -0.3 is 0 Å². The summed E-state index contributed by atoms with van der Waals surface area (Å²) >= 11 is 0. The van der Waals surface area contributed by atoms with Crippen molar-refractivity contribution in [3.05, 3.63) is 71.1 Å². The van der Waals surface area contributed by atoms with E-state index in [0.29, 0.717) is 11.3 Å². The lowest BCUT2D eigenvalue weighted by molar-refractivity contribution is -0.387. The van der Waals surface area contributed by atoms with Crippen molar-refractivity contribution in [2.24, 2.45) is 0 Å². The highest BCUT2D eigenvalue weighted by Crippen LogP contribution is 2.42. The SMILES string of the molecule is [CH2]Cc1ccccc1SSc1ccccc1[N+](=O)[O-]. The molecule has 97 valence electrons. The highest BCUT2D eigenvalue weighted by Gasteiger charge is 2.13. The molecule has 0 saturated heterocycles. The normalized spacial score (nSPS) is 10.4. The second-order valence-corrected chi connectivity index (χ2v) is 5.96. The van der Waals surface area contributed by atoms with Gasteiger partial charge in [0, 0.05) is 11.0 Å². The summed E-state index contributed by atoms with van der Waals surface area (Å²) in [5, 5.41) is 10.9. The number of hydrogen-bond acceptors (Lipinski definition) is 4. The molecule has 0 unspecified atom stereocenters. The van der Waals surface area contributed by atoms with Crippen LogP contribution in [0.4, 0.5) is 5.69 Å². The molecule has 0 aliphatic heterocycles. The summed E-state index contributed by atoms with van der Waals surface area (Å²) < 4.78 is 0. The van der Waals surface area contributed by atoms with Crippen LogP contribution in [0.3, 0.4) is 0 Å². The predicted octanol–water partition coefficient (Wildman–Crippen LogP) is 4.77. The Kier molecular flexibility index (Phi) is 4.87. The molecule has 0 bridgehead atoms. The molecule has 0 fully saturated rings. The zero-order valence-electron chi connectivity index (χ0n) is 10.1. The summed E-state index contributed by atoms with van der Waals surface area (Å²) in [6.45, 7) is 3.89. The van der Waals surface area contributed by atoms with Crippen molar-refractivity contribution < 1.29 is 4.92 Å². The molecule has 0 heterocycles. The zero-order chi connectivity index (χ0) is 13.7. The first-order chi connectivity index (χ1) is 9.22. The van der Waals surface area contributed by atoms with E-state index in [2.05, 4.69) is 6.92 Å². The summed E-state index contributed by atoms with van der Waals surface area (Å²) in [7, 11) is 2.93. The first-order valence-electron chi connectivity index (χ1n) is 5.67. The van der Waals surface area contributed by atoms with Crippen LogP contribution in [0.1, 0.15) is 5.56 Å². The molecule has 0 N–H and O–H groups in total. The molecule has 1 radical (unpaired) electrons. The second-order valence-electron chi connectivity index (χ2n) is 3.75. The third-order valence-corrected chi connectivity index (χ3v) is 5.04. The van der Waals surface area contributed by atoms with Gasteiger partial charge in [-0.15, -0.1) is 0 Å². The van der Waals surface area contributed by atoms with Crippen molar-refractivity contribution in [3.8, 4) is 0 Å². The Morgan fingerprint density at radius 2 is 1.58 bits per heavy atom. The highest BCUT2D eigenvalue weighted by atomic mass is 33.1. The third-order valence-electron chi connectivity index (χ3n) is 2.53. The fourth-order valence-corrected chi connectivity index (χ4v) is 3.96. The topological polar surface area (TPSA) is 43.1 Å². The van der Waals surface area contributed by atoms with Crippen LogP contribution in [0, 0.1) is 17.0 Å². The first-order valence-corrected chi connectivity index (χ1v) is 7.82. The Hall–Kier alpha value is -1.46. The van der Waals surface area contributed by atoms with Crippen LogP contribution >= 0.6 is 21.6 Å². The average molecular weight is 290 g/mol. The molecule has 0 spiro atoms. The van der Waals surface area contributed by atoms with Gasteiger partial charge in [-0.25, -0.2) is 0 Å². The van der Waals surface area contributed by atoms with Crippen LogP contribution < -0.4 is 0 Å². The van der Waals surface area contributed by atoms with Crippen LogP contribution in [0.15, 0.2) is 58.3 Å². The van der Waals surface area contributed by atoms with Gasteiger partial charge >= 0.3 is 0 Å². The summed E-state index contributed by atoms with van der Waals surface area (Å²) in [6, 6.07) is 14.7. The Morgan fingerprint density at radius 3 is 2.26 bits per heavy atom. The average Bonchev–Trinajstić information content (AvgIpc) is 2.45. The minimum atomic E-state index is -0.351. The molecule has 2 aromatic carbocycles. The van der Waals surface area contributed by atoms with Gasteiger partial charge in [0.25, 0.3) is 5.69 Å². The van der Waals surface area contributed by atoms with Gasteiger partial charge in [-0.1, -0.05) is 41.1 Å². The number of nitro groups is 1. The van der Waals surface area contributed by atoms with Crippen LogP contribution in [0.5, 0.6) is 0 Å². The van der Waals surface area contributed by atoms with Gasteiger partial charge in [-0.3, -0.25) is 10.1 Å². The largest absolute Gasteiger partial charge is 0.283 e. The van der Waals surface area contributed by atoms with E-state index in [1.54, 1.807) is 12.1 Å². The summed E-state index contributed by atoms with van der Waals surface area (Å²) in [4.78, 5) is 12.3. The van der Waals surface area contributed by atoms with Gasteiger partial charge in [-0.2, -0.15) is 0 Å². The molecule has 0 aromatic heterocycles. The van der Waals surface area contributed by atoms with Crippen LogP contribution in [0.2, 0.25) is 0 Å². The third kappa shape index (κ3) is 3.52. The number of para-hydroxylation sites is 1. The van der Waals surface area contributed by atoms with E-state index in [1.165, 1.54) is 27.7 Å². The molecule has 19 heavy (non-hydrogen) atoms. The summed E-state index contributed by atoms with van der Waals surface area (Å²) in [5.41, 5.74) is 1.30. The Labute approximate surface area is 120 Å². The molecule has 0 aliphatic rings. The van der Waals surface area contributed by atoms with Gasteiger partial charge in [0.15, 0.2) is 0 Å². The maximum absolute atomic E-state index is 10.9. The number of nitrogens with zero attached hydrogens (tertiary/aromatic N) is 1. The van der Waals surface area contributed by atoms with Crippen molar-refractivity contribution in [1.29, 1.82) is 0 Å². The van der Waals surface area contributed by atoms with E-state index < -0.39 is 0 Å². The lowest BCUT2D eigenvalue weighted by Gasteiger charge is -2.06. The lowest BCUT2D eigenvalue weighted by atomic mass is 10.2. The zero-order valence-corrected chi connectivity index (χ0v) is 11.7. The van der Waals surface area contributed by atoms with Crippen LogP contribution in [-0.2, 0) is 6.42 Å². The lowest BCUT2D eigenvalue weighted by Crippen LogP contribution is -1.89. The molecule has 3 nitrogen and oxygen atoms in total. The second kappa shape index (κ2) is 6.63. The number of rotatable bonds is 5. The number of benzene rings is 2. The Morgan fingerprint density at radius 1 is 1.00 bits per heavy atom. The van der Waals surface area contributed by atoms with Gasteiger partial charge in [-0.05, 0) is 41.8 Å². The molecule has 0 amide bonds. The van der Waals surface area contributed by atoms with Crippen molar-refractivity contribution in [2.45, 2.75) is 16.2 Å². The van der Waals surface area contributed by atoms with E-state index >= 15 is 0 Å². The fourth-order valence-electron chi connectivity index (χ4n) is 1.56. The van der Waals surface area contributed by atoms with E-state index in [1.807, 2.05) is 30.3 Å². The quantitative estimate of drug-likeness (QED) is 0.452. The van der Waals surface area contributed by atoms with Gasteiger partial charge in [0.1, 0.15) is 0 Å². The first kappa shape index (κ1) is 14.0. The summed E-state index contributed by atoms with van der Waals surface area (Å²) in [5.74, 6) is 0. The maximum atomic E-state index is 10.9. The smallest absolute Gasteiger partial charge is 0.258 e. The van der Waals surface area contributed by atoms with Crippen LogP contribution in [0.25, 0.3) is 0 Å². The highest BCUT2D eigenvalue weighted by molar-refractivity contribution is 8.76. The van der Waals surface area contributed by atoms with Crippen molar-refractivity contribution in [3.63, 3.8) is 0 Å². The van der Waals surface area contributed by atoms with Gasteiger partial charge in [0.2, 0.25) is 0 Å². The predicted molar refractivity (Wildman–Crippen MR) is 80.3 cm³/mol. The Balaban J connectivity index is 2.17. The molecule has 0 atom stereocenters. The molecule has 0 aliphatic carbocycles. The molecular weight excluding hydrogens is 278 g/mol. The number of hydrogen-bond donors (Lipinski definition) is 0. The van der Waals surface area contributed by atoms with Crippen LogP contribution in [-0.4, -0.2) is 4.92 Å². The fraction of sp³-hybridized carbons (Fsp3) is 0.0714. The maximum Gasteiger partial charge on any atom is 0.283 e. The number of nitro benzene ring substituents is 1. The molecular formula is C14H12NO2S2. The molecule has 0 saturated carbocycles. The van der Waals surface area contributed by atoms with Crippen molar-refractivity contribution in [2.75, 3.05) is 0 Å². The molecule has 5 heteroatoms. The molecule has 2 rings (SSSR count).